The molecule has 0 aliphatic carbocycles. The first-order valence-corrected chi connectivity index (χ1v) is 7.53. The fourth-order valence-electron chi connectivity index (χ4n) is 2.32. The quantitative estimate of drug-likeness (QED) is 0.855. The van der Waals surface area contributed by atoms with Gasteiger partial charge in [0.1, 0.15) is 5.82 Å². The molecule has 22 heavy (non-hydrogen) atoms. The molecule has 0 aromatic heterocycles. The van der Waals surface area contributed by atoms with Crippen molar-refractivity contribution in [2.75, 3.05) is 32.8 Å². The molecule has 1 saturated heterocycles. The highest BCUT2D eigenvalue weighted by atomic mass is 35.5. The zero-order valence-electron chi connectivity index (χ0n) is 12.3. The van der Waals surface area contributed by atoms with E-state index in [-0.39, 0.29) is 29.0 Å². The molecular formula is C15H18ClFN2O3. The molecule has 7 heteroatoms. The minimum absolute atomic E-state index is 0.0785. The van der Waals surface area contributed by atoms with E-state index in [1.54, 1.807) is 22.8 Å². The number of amides is 2. The number of halogens is 2. The second-order valence-corrected chi connectivity index (χ2v) is 5.35. The molecule has 2 amide bonds. The van der Waals surface area contributed by atoms with Crippen LogP contribution in [0.4, 0.5) is 9.18 Å². The Balaban J connectivity index is 1.92. The second-order valence-electron chi connectivity index (χ2n) is 4.94. The number of carbonyl (C=O) groups excluding carboxylic acids is 2. The third-order valence-corrected chi connectivity index (χ3v) is 3.90. The molecule has 1 aliphatic heterocycles. The maximum Gasteiger partial charge on any atom is 0.409 e. The molecule has 1 heterocycles. The van der Waals surface area contributed by atoms with Crippen molar-refractivity contribution in [3.8, 4) is 0 Å². The van der Waals surface area contributed by atoms with E-state index in [2.05, 4.69) is 0 Å². The molecule has 1 aromatic carbocycles. The number of hydrogen-bond acceptors (Lipinski definition) is 3. The first kappa shape index (κ1) is 16.5. The highest BCUT2D eigenvalue weighted by Crippen LogP contribution is 2.20. The van der Waals surface area contributed by atoms with E-state index >= 15 is 0 Å². The molecule has 5 nitrogen and oxygen atoms in total. The Morgan fingerprint density at radius 2 is 1.86 bits per heavy atom. The van der Waals surface area contributed by atoms with E-state index in [1.807, 2.05) is 0 Å². The summed E-state index contributed by atoms with van der Waals surface area (Å²) in [5.74, 6) is -0.679. The first-order chi connectivity index (χ1) is 10.5. The van der Waals surface area contributed by atoms with Crippen LogP contribution in [0.25, 0.3) is 0 Å². The van der Waals surface area contributed by atoms with Gasteiger partial charge in [0, 0.05) is 36.8 Å². The molecule has 1 aromatic rings. The summed E-state index contributed by atoms with van der Waals surface area (Å²) >= 11 is 5.93. The number of carbonyl (C=O) groups is 2. The van der Waals surface area contributed by atoms with E-state index < -0.39 is 5.82 Å². The zero-order valence-corrected chi connectivity index (χ0v) is 13.1. The van der Waals surface area contributed by atoms with Crippen molar-refractivity contribution < 1.29 is 18.7 Å². The standard InChI is InChI=1S/C15H18ClFN2O3/c1-2-22-15(21)19-8-6-18(7-9-19)14(20)10-11-12(16)4-3-5-13(11)17/h3-5H,2,6-10H2,1H3. The van der Waals surface area contributed by atoms with Crippen molar-refractivity contribution in [1.29, 1.82) is 0 Å². The van der Waals surface area contributed by atoms with Gasteiger partial charge in [-0.25, -0.2) is 9.18 Å². The van der Waals surface area contributed by atoms with Crippen molar-refractivity contribution >= 4 is 23.6 Å². The van der Waals surface area contributed by atoms with Gasteiger partial charge in [-0.3, -0.25) is 4.79 Å². The predicted molar refractivity (Wildman–Crippen MR) is 80.3 cm³/mol. The highest BCUT2D eigenvalue weighted by molar-refractivity contribution is 6.31. The van der Waals surface area contributed by atoms with Gasteiger partial charge in [-0.05, 0) is 19.1 Å². The van der Waals surface area contributed by atoms with Crippen molar-refractivity contribution in [1.82, 2.24) is 9.80 Å². The average Bonchev–Trinajstić information content (AvgIpc) is 2.51. The SMILES string of the molecule is CCOC(=O)N1CCN(C(=O)Cc2c(F)cccc2Cl)CC1. The molecule has 0 unspecified atom stereocenters. The van der Waals surface area contributed by atoms with Gasteiger partial charge >= 0.3 is 6.09 Å². The lowest BCUT2D eigenvalue weighted by atomic mass is 10.1. The summed E-state index contributed by atoms with van der Waals surface area (Å²) < 4.78 is 18.6. The van der Waals surface area contributed by atoms with Gasteiger partial charge in [-0.2, -0.15) is 0 Å². The smallest absolute Gasteiger partial charge is 0.409 e. The second kappa shape index (κ2) is 7.45. The Kier molecular flexibility index (Phi) is 5.60. The van der Waals surface area contributed by atoms with E-state index in [4.69, 9.17) is 16.3 Å². The average molecular weight is 329 g/mol. The van der Waals surface area contributed by atoms with E-state index in [1.165, 1.54) is 12.1 Å². The predicted octanol–water partition coefficient (Wildman–Crippen LogP) is 2.32. The van der Waals surface area contributed by atoms with E-state index in [0.29, 0.717) is 32.8 Å². The van der Waals surface area contributed by atoms with Crippen LogP contribution in [0.3, 0.4) is 0 Å². The molecule has 120 valence electrons. The van der Waals surface area contributed by atoms with Crippen LogP contribution < -0.4 is 0 Å². The number of rotatable bonds is 3. The van der Waals surface area contributed by atoms with Crippen molar-refractivity contribution in [2.45, 2.75) is 13.3 Å². The molecule has 1 fully saturated rings. The number of nitrogens with zero attached hydrogens (tertiary/aromatic N) is 2. The lowest BCUT2D eigenvalue weighted by Crippen LogP contribution is -2.51. The summed E-state index contributed by atoms with van der Waals surface area (Å²) in [5, 5.41) is 0.249. The largest absolute Gasteiger partial charge is 0.450 e. The number of piperazine rings is 1. The van der Waals surface area contributed by atoms with Crippen LogP contribution in [-0.2, 0) is 16.0 Å². The summed E-state index contributed by atoms with van der Waals surface area (Å²) in [6.07, 6.45) is -0.447. The molecule has 2 rings (SSSR count). The molecular weight excluding hydrogens is 311 g/mol. The molecule has 0 atom stereocenters. The summed E-state index contributed by atoms with van der Waals surface area (Å²) in [6.45, 7) is 3.71. The van der Waals surface area contributed by atoms with Gasteiger partial charge in [-0.1, -0.05) is 17.7 Å². The van der Waals surface area contributed by atoms with Crippen LogP contribution in [0.15, 0.2) is 18.2 Å². The Labute approximate surface area is 133 Å². The summed E-state index contributed by atoms with van der Waals surface area (Å²) in [4.78, 5) is 27.0. The van der Waals surface area contributed by atoms with Crippen molar-refractivity contribution in [3.05, 3.63) is 34.6 Å². The molecule has 0 spiro atoms. The van der Waals surface area contributed by atoms with E-state index in [9.17, 15) is 14.0 Å². The topological polar surface area (TPSA) is 49.9 Å². The van der Waals surface area contributed by atoms with Crippen LogP contribution in [0.1, 0.15) is 12.5 Å². The Bertz CT molecular complexity index is 539. The van der Waals surface area contributed by atoms with Gasteiger partial charge < -0.3 is 14.5 Å². The Hall–Kier alpha value is -1.82. The lowest BCUT2D eigenvalue weighted by molar-refractivity contribution is -0.132. The number of ether oxygens (including phenoxy) is 1. The fourth-order valence-corrected chi connectivity index (χ4v) is 2.55. The first-order valence-electron chi connectivity index (χ1n) is 7.15. The summed E-state index contributed by atoms with van der Waals surface area (Å²) in [7, 11) is 0. The molecule has 0 saturated carbocycles. The molecule has 0 N–H and O–H groups in total. The normalized spacial score (nSPS) is 14.9. The van der Waals surface area contributed by atoms with Gasteiger partial charge in [0.2, 0.25) is 5.91 Å². The van der Waals surface area contributed by atoms with Crippen LogP contribution in [0, 0.1) is 5.82 Å². The van der Waals surface area contributed by atoms with Crippen molar-refractivity contribution in [3.63, 3.8) is 0 Å². The maximum absolute atomic E-state index is 13.7. The number of hydrogen-bond donors (Lipinski definition) is 0. The number of benzene rings is 1. The van der Waals surface area contributed by atoms with Gasteiger partial charge in [0.05, 0.1) is 13.0 Å². The Morgan fingerprint density at radius 3 is 2.45 bits per heavy atom. The lowest BCUT2D eigenvalue weighted by Gasteiger charge is -2.34. The minimum atomic E-state index is -0.481. The monoisotopic (exact) mass is 328 g/mol. The highest BCUT2D eigenvalue weighted by Gasteiger charge is 2.25. The fraction of sp³-hybridized carbons (Fsp3) is 0.467. The molecule has 0 bridgehead atoms. The minimum Gasteiger partial charge on any atom is -0.450 e. The zero-order chi connectivity index (χ0) is 16.1. The van der Waals surface area contributed by atoms with Crippen molar-refractivity contribution in [2.24, 2.45) is 0 Å². The van der Waals surface area contributed by atoms with Gasteiger partial charge in [0.15, 0.2) is 0 Å². The molecule has 0 radical (unpaired) electrons. The van der Waals surface area contributed by atoms with Crippen LogP contribution in [0.5, 0.6) is 0 Å². The van der Waals surface area contributed by atoms with Gasteiger partial charge in [0.25, 0.3) is 0 Å². The van der Waals surface area contributed by atoms with Gasteiger partial charge in [-0.15, -0.1) is 0 Å². The molecule has 1 aliphatic rings. The van der Waals surface area contributed by atoms with Crippen LogP contribution in [-0.4, -0.2) is 54.6 Å². The summed E-state index contributed by atoms with van der Waals surface area (Å²) in [6, 6.07) is 4.35. The maximum atomic E-state index is 13.7. The third kappa shape index (κ3) is 3.88. The van der Waals surface area contributed by atoms with E-state index in [0.717, 1.165) is 0 Å². The van der Waals surface area contributed by atoms with Crippen LogP contribution in [0.2, 0.25) is 5.02 Å². The third-order valence-electron chi connectivity index (χ3n) is 3.55. The summed E-state index contributed by atoms with van der Waals surface area (Å²) in [5.41, 5.74) is 0.210. The Morgan fingerprint density at radius 1 is 1.23 bits per heavy atom. The van der Waals surface area contributed by atoms with Crippen LogP contribution >= 0.6 is 11.6 Å².